The highest BCUT2D eigenvalue weighted by atomic mass is 35.5. The maximum absolute atomic E-state index is 12.9. The second kappa shape index (κ2) is 11.2. The fourth-order valence-corrected chi connectivity index (χ4v) is 6.41. The minimum absolute atomic E-state index is 0.281. The number of piperidine rings is 1. The third-order valence-electron chi connectivity index (χ3n) is 6.78. The number of hydrogen-bond donors (Lipinski definition) is 0. The summed E-state index contributed by atoms with van der Waals surface area (Å²) in [5, 5.41) is 1.37. The molecule has 0 bridgehead atoms. The van der Waals surface area contributed by atoms with Gasteiger partial charge in [-0.25, -0.2) is 13.2 Å². The van der Waals surface area contributed by atoms with Gasteiger partial charge in [0.25, 0.3) is 0 Å². The molecule has 0 spiro atoms. The van der Waals surface area contributed by atoms with Crippen molar-refractivity contribution in [2.24, 2.45) is 0 Å². The summed E-state index contributed by atoms with van der Waals surface area (Å²) in [4.78, 5) is 16.8. The highest BCUT2D eigenvalue weighted by molar-refractivity contribution is 7.89. The standard InChI is InChI=1S/C20H23ClN2O3S.C8H5NO2/c1-15-2-7-20-16(12-15)13-26-14-23(20)18-8-10-22(11-9-18)27(24,25)19-5-3-17(21)4-6-19;10-8-9-7-4-2-1-3-6(7)5-11-8/h2-7,12,18H,8-11,13-14H2,1H3;1-5H. The van der Waals surface area contributed by atoms with Crippen molar-refractivity contribution in [1.29, 1.82) is 0 Å². The maximum atomic E-state index is 12.9. The molecule has 8 nitrogen and oxygen atoms in total. The average molecular weight is 554 g/mol. The van der Waals surface area contributed by atoms with Crippen molar-refractivity contribution in [2.75, 3.05) is 24.7 Å². The van der Waals surface area contributed by atoms with E-state index in [1.807, 2.05) is 18.2 Å². The number of para-hydroxylation sites is 1. The Hall–Kier alpha value is -3.24. The molecule has 198 valence electrons. The Morgan fingerprint density at radius 2 is 1.74 bits per heavy atom. The lowest BCUT2D eigenvalue weighted by Gasteiger charge is -2.41. The summed E-state index contributed by atoms with van der Waals surface area (Å²) in [6.07, 6.45) is 2.97. The average Bonchev–Trinajstić information content (AvgIpc) is 2.93. The van der Waals surface area contributed by atoms with Crippen LogP contribution < -0.4 is 10.7 Å². The quantitative estimate of drug-likeness (QED) is 0.353. The van der Waals surface area contributed by atoms with Gasteiger partial charge in [0, 0.05) is 40.8 Å². The van der Waals surface area contributed by atoms with Crippen molar-refractivity contribution in [3.05, 3.63) is 99.7 Å². The van der Waals surface area contributed by atoms with Gasteiger partial charge in [0.15, 0.2) is 0 Å². The molecule has 0 atom stereocenters. The molecule has 3 heterocycles. The highest BCUT2D eigenvalue weighted by Gasteiger charge is 2.33. The molecule has 38 heavy (non-hydrogen) atoms. The Labute approximate surface area is 226 Å². The van der Waals surface area contributed by atoms with Crippen LogP contribution in [0.25, 0.3) is 10.9 Å². The predicted molar refractivity (Wildman–Crippen MR) is 147 cm³/mol. The zero-order chi connectivity index (χ0) is 26.7. The van der Waals surface area contributed by atoms with E-state index in [1.54, 1.807) is 34.6 Å². The van der Waals surface area contributed by atoms with Crippen molar-refractivity contribution in [1.82, 2.24) is 9.29 Å². The fraction of sp³-hybridized carbons (Fsp3) is 0.286. The molecule has 0 saturated carbocycles. The lowest BCUT2D eigenvalue weighted by atomic mass is 10.0. The van der Waals surface area contributed by atoms with Crippen molar-refractivity contribution in [3.8, 4) is 0 Å². The van der Waals surface area contributed by atoms with Crippen LogP contribution in [0.15, 0.2) is 87.1 Å². The lowest BCUT2D eigenvalue weighted by Crippen LogP contribution is -2.48. The van der Waals surface area contributed by atoms with E-state index in [0.29, 0.717) is 41.9 Å². The van der Waals surface area contributed by atoms with Gasteiger partial charge in [0.2, 0.25) is 10.0 Å². The number of ether oxygens (including phenoxy) is 1. The smallest absolute Gasteiger partial charge is 0.416 e. The van der Waals surface area contributed by atoms with Gasteiger partial charge in [-0.05, 0) is 62.2 Å². The van der Waals surface area contributed by atoms with E-state index in [9.17, 15) is 13.2 Å². The number of sulfonamides is 1. The first-order chi connectivity index (χ1) is 18.3. The summed E-state index contributed by atoms with van der Waals surface area (Å²) in [6, 6.07) is 20.4. The number of aromatic nitrogens is 1. The molecule has 0 radical (unpaired) electrons. The molecule has 0 aliphatic carbocycles. The highest BCUT2D eigenvalue weighted by Crippen LogP contribution is 2.32. The molecule has 10 heteroatoms. The van der Waals surface area contributed by atoms with E-state index in [1.165, 1.54) is 23.1 Å². The Morgan fingerprint density at radius 1 is 1.00 bits per heavy atom. The van der Waals surface area contributed by atoms with E-state index in [-0.39, 0.29) is 6.04 Å². The normalized spacial score (nSPS) is 16.5. The minimum Gasteiger partial charge on any atom is -0.416 e. The van der Waals surface area contributed by atoms with E-state index in [2.05, 4.69) is 39.4 Å². The summed E-state index contributed by atoms with van der Waals surface area (Å²) in [7, 11) is -3.47. The maximum Gasteiger partial charge on any atom is 0.439 e. The van der Waals surface area contributed by atoms with Gasteiger partial charge in [0.1, 0.15) is 13.0 Å². The summed E-state index contributed by atoms with van der Waals surface area (Å²) >= 11 is 5.88. The van der Waals surface area contributed by atoms with Crippen LogP contribution in [0.4, 0.5) is 5.69 Å². The lowest BCUT2D eigenvalue weighted by molar-refractivity contribution is 0.0987. The second-order valence-corrected chi connectivity index (χ2v) is 11.7. The van der Waals surface area contributed by atoms with Gasteiger partial charge >= 0.3 is 5.76 Å². The summed E-state index contributed by atoms with van der Waals surface area (Å²) < 4.78 is 37.6. The first-order valence-electron chi connectivity index (χ1n) is 12.4. The number of fused-ring (bicyclic) bond motifs is 2. The zero-order valence-corrected chi connectivity index (χ0v) is 22.5. The Balaban J connectivity index is 0.000000222. The van der Waals surface area contributed by atoms with Gasteiger partial charge in [-0.15, -0.1) is 0 Å². The molecule has 0 unspecified atom stereocenters. The van der Waals surface area contributed by atoms with Crippen LogP contribution in [-0.4, -0.2) is 43.6 Å². The number of rotatable bonds is 3. The molecule has 1 fully saturated rings. The van der Waals surface area contributed by atoms with Crippen LogP contribution >= 0.6 is 11.6 Å². The number of nitrogens with zero attached hydrogens (tertiary/aromatic N) is 3. The van der Waals surface area contributed by atoms with Gasteiger partial charge in [-0.1, -0.05) is 41.4 Å². The van der Waals surface area contributed by atoms with Crippen molar-refractivity contribution >= 4 is 38.2 Å². The van der Waals surface area contributed by atoms with Crippen molar-refractivity contribution in [2.45, 2.75) is 37.3 Å². The summed E-state index contributed by atoms with van der Waals surface area (Å²) in [5.74, 6) is -0.552. The van der Waals surface area contributed by atoms with Crippen LogP contribution in [0.5, 0.6) is 0 Å². The number of anilines is 1. The molecule has 2 aliphatic rings. The zero-order valence-electron chi connectivity index (χ0n) is 20.9. The van der Waals surface area contributed by atoms with E-state index in [0.717, 1.165) is 18.2 Å². The molecule has 1 saturated heterocycles. The summed E-state index contributed by atoms with van der Waals surface area (Å²) in [6.45, 7) is 4.29. The predicted octanol–water partition coefficient (Wildman–Crippen LogP) is 4.98. The van der Waals surface area contributed by atoms with Crippen molar-refractivity contribution in [3.63, 3.8) is 0 Å². The molecular formula is C28H28ClN3O5S. The molecule has 6 rings (SSSR count). The third-order valence-corrected chi connectivity index (χ3v) is 8.95. The van der Waals surface area contributed by atoms with E-state index in [4.69, 9.17) is 16.3 Å². The topological polar surface area (TPSA) is 93.0 Å². The molecule has 4 aromatic rings. The molecule has 1 aromatic heterocycles. The van der Waals surface area contributed by atoms with Crippen LogP contribution in [-0.2, 0) is 21.4 Å². The first-order valence-corrected chi connectivity index (χ1v) is 14.2. The van der Waals surface area contributed by atoms with Crippen LogP contribution in [0, 0.1) is 6.92 Å². The van der Waals surface area contributed by atoms with Gasteiger partial charge in [-0.3, -0.25) is 0 Å². The fourth-order valence-electron chi connectivity index (χ4n) is 4.81. The van der Waals surface area contributed by atoms with Crippen LogP contribution in [0.3, 0.4) is 0 Å². The molecular weight excluding hydrogens is 526 g/mol. The second-order valence-electron chi connectivity index (χ2n) is 9.34. The SMILES string of the molecule is Cc1ccc2c(c1)COCN2C1CCN(S(=O)(=O)c2ccc(Cl)cc2)CC1.O=c1nc2ccccc2co1. The molecule has 2 aliphatic heterocycles. The minimum atomic E-state index is -3.47. The first kappa shape index (κ1) is 26.4. The molecule has 0 amide bonds. The largest absolute Gasteiger partial charge is 0.439 e. The monoisotopic (exact) mass is 553 g/mol. The van der Waals surface area contributed by atoms with E-state index >= 15 is 0 Å². The molecule has 3 aromatic carbocycles. The van der Waals surface area contributed by atoms with Crippen LogP contribution in [0.2, 0.25) is 5.02 Å². The number of hydrogen-bond acceptors (Lipinski definition) is 7. The van der Waals surface area contributed by atoms with Gasteiger partial charge < -0.3 is 14.1 Å². The number of halogens is 1. The third kappa shape index (κ3) is 5.76. The number of aryl methyl sites for hydroxylation is 1. The van der Waals surface area contributed by atoms with Gasteiger partial charge in [0.05, 0.1) is 17.0 Å². The van der Waals surface area contributed by atoms with E-state index < -0.39 is 15.8 Å². The summed E-state index contributed by atoms with van der Waals surface area (Å²) in [5.41, 5.74) is 4.31. The van der Waals surface area contributed by atoms with Crippen LogP contribution in [0.1, 0.15) is 24.0 Å². The molecule has 0 N–H and O–H groups in total. The van der Waals surface area contributed by atoms with Gasteiger partial charge in [-0.2, -0.15) is 9.29 Å². The number of benzene rings is 3. The van der Waals surface area contributed by atoms with Crippen molar-refractivity contribution < 1.29 is 17.6 Å². The Kier molecular flexibility index (Phi) is 7.80. The Morgan fingerprint density at radius 3 is 2.50 bits per heavy atom. The Bertz CT molecular complexity index is 1580.